The number of phenolic OH excluding ortho intramolecular Hbond substituents is 1. The van der Waals surface area contributed by atoms with Crippen molar-refractivity contribution in [1.29, 1.82) is 0 Å². The molecule has 0 amide bonds. The Labute approximate surface area is 185 Å². The molecule has 0 saturated carbocycles. The zero-order valence-electron chi connectivity index (χ0n) is 19.5. The van der Waals surface area contributed by atoms with Crippen molar-refractivity contribution < 1.29 is 5.11 Å². The first-order valence-electron chi connectivity index (χ1n) is 12.6. The molecule has 0 bridgehead atoms. The largest absolute Gasteiger partial charge is 0.507 e. The van der Waals surface area contributed by atoms with Crippen LogP contribution in [0.15, 0.2) is 48.5 Å². The molecule has 0 aliphatic carbocycles. The fourth-order valence-corrected chi connectivity index (χ4v) is 4.60. The normalized spacial score (nSPS) is 11.3. The maximum atomic E-state index is 10.5. The monoisotopic (exact) mass is 408 g/mol. The van der Waals surface area contributed by atoms with Gasteiger partial charge in [-0.25, -0.2) is 0 Å². The maximum Gasteiger partial charge on any atom is 0.123 e. The molecule has 1 heteroatoms. The lowest BCUT2D eigenvalue weighted by molar-refractivity contribution is 0.476. The lowest BCUT2D eigenvalue weighted by Gasteiger charge is -2.21. The van der Waals surface area contributed by atoms with Crippen LogP contribution in [0, 0.1) is 0 Å². The number of hydrogen-bond donors (Lipinski definition) is 1. The highest BCUT2D eigenvalue weighted by molar-refractivity contribution is 5.73. The van der Waals surface area contributed by atoms with Crippen LogP contribution in [0.2, 0.25) is 0 Å². The summed E-state index contributed by atoms with van der Waals surface area (Å²) in [5, 5.41) is 10.5. The van der Waals surface area contributed by atoms with Crippen LogP contribution in [0.1, 0.15) is 115 Å². The van der Waals surface area contributed by atoms with Crippen LogP contribution in [-0.4, -0.2) is 5.11 Å². The average Bonchev–Trinajstić information content (AvgIpc) is 2.77. The van der Waals surface area contributed by atoms with Crippen LogP contribution in [0.4, 0.5) is 0 Å². The molecule has 0 fully saturated rings. The molecule has 0 aliphatic heterocycles. The first-order valence-corrected chi connectivity index (χ1v) is 12.6. The van der Waals surface area contributed by atoms with Gasteiger partial charge in [0, 0.05) is 5.56 Å². The summed E-state index contributed by atoms with van der Waals surface area (Å²) in [6.07, 6.45) is 18.8. The van der Waals surface area contributed by atoms with Crippen molar-refractivity contribution >= 4 is 0 Å². The van der Waals surface area contributed by atoms with Crippen LogP contribution in [0.3, 0.4) is 0 Å². The second-order valence-electron chi connectivity index (χ2n) is 8.91. The molecule has 1 nitrogen and oxygen atoms in total. The Morgan fingerprint density at radius 1 is 0.567 bits per heavy atom. The van der Waals surface area contributed by atoms with Gasteiger partial charge in [-0.2, -0.15) is 0 Å². The molecule has 2 aromatic rings. The summed E-state index contributed by atoms with van der Waals surface area (Å²) in [6, 6.07) is 16.6. The van der Waals surface area contributed by atoms with Gasteiger partial charge in [0.05, 0.1) is 0 Å². The highest BCUT2D eigenvalue weighted by atomic mass is 16.3. The van der Waals surface area contributed by atoms with Gasteiger partial charge in [0.1, 0.15) is 5.75 Å². The molecule has 2 rings (SSSR count). The van der Waals surface area contributed by atoms with Crippen molar-refractivity contribution in [3.05, 3.63) is 54.1 Å². The molecule has 0 unspecified atom stereocenters. The Bertz CT molecular complexity index is 674. The van der Waals surface area contributed by atoms with Crippen LogP contribution in [-0.2, 0) is 0 Å². The fraction of sp³-hybridized carbons (Fsp3) is 0.586. The van der Waals surface area contributed by atoms with E-state index in [0.29, 0.717) is 11.7 Å². The Kier molecular flexibility index (Phi) is 12.3. The van der Waals surface area contributed by atoms with Gasteiger partial charge in [-0.05, 0) is 36.0 Å². The second-order valence-corrected chi connectivity index (χ2v) is 8.91. The fourth-order valence-electron chi connectivity index (χ4n) is 4.60. The van der Waals surface area contributed by atoms with E-state index in [1.54, 1.807) is 0 Å². The summed E-state index contributed by atoms with van der Waals surface area (Å²) in [5.41, 5.74) is 3.63. The zero-order chi connectivity index (χ0) is 21.4. The van der Waals surface area contributed by atoms with Crippen molar-refractivity contribution in [1.82, 2.24) is 0 Å². The van der Waals surface area contributed by atoms with Crippen molar-refractivity contribution in [3.63, 3.8) is 0 Å². The molecule has 166 valence electrons. The van der Waals surface area contributed by atoms with E-state index in [1.165, 1.54) is 101 Å². The SMILES string of the molecule is CCCCCCCCC(CCCCCCCC)c1ccccc1-c1ccccc1O. The molecule has 0 atom stereocenters. The average molecular weight is 409 g/mol. The van der Waals surface area contributed by atoms with Gasteiger partial charge >= 0.3 is 0 Å². The van der Waals surface area contributed by atoms with E-state index in [1.807, 2.05) is 18.2 Å². The van der Waals surface area contributed by atoms with Crippen molar-refractivity contribution in [3.8, 4) is 16.9 Å². The third kappa shape index (κ3) is 8.54. The number of para-hydroxylation sites is 1. The lowest BCUT2D eigenvalue weighted by Crippen LogP contribution is -2.02. The van der Waals surface area contributed by atoms with Gasteiger partial charge in [-0.3, -0.25) is 0 Å². The molecule has 0 heterocycles. The van der Waals surface area contributed by atoms with Gasteiger partial charge in [-0.1, -0.05) is 133 Å². The van der Waals surface area contributed by atoms with Gasteiger partial charge in [0.15, 0.2) is 0 Å². The minimum atomic E-state index is 0.392. The Morgan fingerprint density at radius 2 is 1.03 bits per heavy atom. The quantitative estimate of drug-likeness (QED) is 0.274. The summed E-state index contributed by atoms with van der Waals surface area (Å²) in [6.45, 7) is 4.57. The third-order valence-corrected chi connectivity index (χ3v) is 6.41. The summed E-state index contributed by atoms with van der Waals surface area (Å²) >= 11 is 0. The van der Waals surface area contributed by atoms with Crippen LogP contribution in [0.25, 0.3) is 11.1 Å². The summed E-state index contributed by atoms with van der Waals surface area (Å²) in [5.74, 6) is 0.987. The number of hydrogen-bond acceptors (Lipinski definition) is 1. The smallest absolute Gasteiger partial charge is 0.123 e. The number of benzene rings is 2. The second kappa shape index (κ2) is 15.1. The molecule has 30 heavy (non-hydrogen) atoms. The number of unbranched alkanes of at least 4 members (excludes halogenated alkanes) is 10. The molecule has 0 aromatic heterocycles. The molecule has 0 spiro atoms. The van der Waals surface area contributed by atoms with Crippen molar-refractivity contribution in [2.24, 2.45) is 0 Å². The van der Waals surface area contributed by atoms with E-state index in [9.17, 15) is 5.11 Å². The molecule has 0 saturated heterocycles. The van der Waals surface area contributed by atoms with Gasteiger partial charge in [0.2, 0.25) is 0 Å². The van der Waals surface area contributed by atoms with Gasteiger partial charge < -0.3 is 5.11 Å². The van der Waals surface area contributed by atoms with E-state index in [0.717, 1.165) is 5.56 Å². The molecule has 0 radical (unpaired) electrons. The number of phenols is 1. The summed E-state index contributed by atoms with van der Waals surface area (Å²) in [4.78, 5) is 0. The Hall–Kier alpha value is -1.76. The highest BCUT2D eigenvalue weighted by Gasteiger charge is 2.17. The highest BCUT2D eigenvalue weighted by Crippen LogP contribution is 2.38. The Morgan fingerprint density at radius 3 is 1.60 bits per heavy atom. The van der Waals surface area contributed by atoms with Crippen molar-refractivity contribution in [2.75, 3.05) is 0 Å². The van der Waals surface area contributed by atoms with Gasteiger partial charge in [0.25, 0.3) is 0 Å². The van der Waals surface area contributed by atoms with Crippen LogP contribution in [0.5, 0.6) is 5.75 Å². The van der Waals surface area contributed by atoms with E-state index in [-0.39, 0.29) is 0 Å². The van der Waals surface area contributed by atoms with Crippen molar-refractivity contribution in [2.45, 2.75) is 110 Å². The first kappa shape index (κ1) is 24.5. The predicted octanol–water partition coefficient (Wildman–Crippen LogP) is 9.64. The van der Waals surface area contributed by atoms with E-state index in [4.69, 9.17) is 0 Å². The maximum absolute atomic E-state index is 10.5. The molecule has 1 N–H and O–H groups in total. The lowest BCUT2D eigenvalue weighted by atomic mass is 9.83. The number of aromatic hydroxyl groups is 1. The topological polar surface area (TPSA) is 20.2 Å². The first-order chi connectivity index (χ1) is 14.8. The summed E-state index contributed by atoms with van der Waals surface area (Å²) < 4.78 is 0. The predicted molar refractivity (Wildman–Crippen MR) is 132 cm³/mol. The minimum absolute atomic E-state index is 0.392. The number of rotatable bonds is 16. The van der Waals surface area contributed by atoms with Gasteiger partial charge in [-0.15, -0.1) is 0 Å². The minimum Gasteiger partial charge on any atom is -0.507 e. The molecular formula is C29H44O. The van der Waals surface area contributed by atoms with Crippen LogP contribution >= 0.6 is 0 Å². The standard InChI is InChI=1S/C29H44O/c1-3-5-7-9-11-13-19-25(20-14-12-10-8-6-4-2)26-21-15-16-22-27(26)28-23-17-18-24-29(28)30/h15-18,21-25,30H,3-14,19-20H2,1-2H3. The molecule has 2 aromatic carbocycles. The summed E-state index contributed by atoms with van der Waals surface area (Å²) in [7, 11) is 0. The van der Waals surface area contributed by atoms with Crippen LogP contribution < -0.4 is 0 Å². The third-order valence-electron chi connectivity index (χ3n) is 6.41. The molecular weight excluding hydrogens is 364 g/mol. The molecule has 0 aliphatic rings. The Balaban J connectivity index is 2.06. The van der Waals surface area contributed by atoms with E-state index < -0.39 is 0 Å². The van der Waals surface area contributed by atoms with E-state index >= 15 is 0 Å². The van der Waals surface area contributed by atoms with E-state index in [2.05, 4.69) is 44.2 Å². The zero-order valence-corrected chi connectivity index (χ0v) is 19.5.